The first kappa shape index (κ1) is 13.7. The van der Waals surface area contributed by atoms with Crippen molar-refractivity contribution in [2.75, 3.05) is 0 Å². The lowest BCUT2D eigenvalue weighted by Crippen LogP contribution is -2.21. The summed E-state index contributed by atoms with van der Waals surface area (Å²) >= 11 is 0. The van der Waals surface area contributed by atoms with Crippen molar-refractivity contribution in [1.29, 1.82) is 0 Å². The van der Waals surface area contributed by atoms with Crippen LogP contribution in [0.2, 0.25) is 0 Å². The molecule has 19 heavy (non-hydrogen) atoms. The predicted molar refractivity (Wildman–Crippen MR) is 66.0 cm³/mol. The predicted octanol–water partition coefficient (Wildman–Crippen LogP) is 3.86. The Kier molecular flexibility index (Phi) is 3.95. The van der Waals surface area contributed by atoms with Crippen molar-refractivity contribution in [2.24, 2.45) is 0 Å². The van der Waals surface area contributed by atoms with E-state index in [1.54, 1.807) is 12.1 Å². The standard InChI is InChI=1S/C14H14F3NO/c1-8(2)18-7-10-3-4-13(19-10)9-5-11(15)14(17)12(16)6-9/h3-6,8,18H,7H2,1-2H3. The lowest BCUT2D eigenvalue weighted by atomic mass is 10.1. The number of rotatable bonds is 4. The summed E-state index contributed by atoms with van der Waals surface area (Å²) in [7, 11) is 0. The second-order valence-electron chi connectivity index (χ2n) is 4.56. The van der Waals surface area contributed by atoms with Gasteiger partial charge in [0, 0.05) is 11.6 Å². The normalized spacial score (nSPS) is 11.3. The first-order chi connectivity index (χ1) is 8.97. The third kappa shape index (κ3) is 3.17. The molecule has 5 heteroatoms. The van der Waals surface area contributed by atoms with Gasteiger partial charge in [-0.2, -0.15) is 0 Å². The molecule has 0 spiro atoms. The lowest BCUT2D eigenvalue weighted by molar-refractivity contribution is 0.445. The molecule has 0 radical (unpaired) electrons. The molecule has 0 saturated heterocycles. The molecule has 0 unspecified atom stereocenters. The van der Waals surface area contributed by atoms with Gasteiger partial charge in [0.1, 0.15) is 11.5 Å². The average molecular weight is 269 g/mol. The van der Waals surface area contributed by atoms with Crippen molar-refractivity contribution in [3.8, 4) is 11.3 Å². The zero-order chi connectivity index (χ0) is 14.0. The van der Waals surface area contributed by atoms with Crippen LogP contribution in [-0.2, 0) is 6.54 Å². The van der Waals surface area contributed by atoms with E-state index in [-0.39, 0.29) is 5.56 Å². The minimum atomic E-state index is -1.47. The van der Waals surface area contributed by atoms with Crippen LogP contribution in [0.15, 0.2) is 28.7 Å². The smallest absolute Gasteiger partial charge is 0.194 e. The van der Waals surface area contributed by atoms with E-state index in [0.29, 0.717) is 24.1 Å². The highest BCUT2D eigenvalue weighted by Crippen LogP contribution is 2.25. The monoisotopic (exact) mass is 269 g/mol. The quantitative estimate of drug-likeness (QED) is 0.852. The van der Waals surface area contributed by atoms with Crippen LogP contribution in [0.25, 0.3) is 11.3 Å². The summed E-state index contributed by atoms with van der Waals surface area (Å²) in [5, 5.41) is 3.16. The van der Waals surface area contributed by atoms with E-state index >= 15 is 0 Å². The van der Waals surface area contributed by atoms with Crippen molar-refractivity contribution >= 4 is 0 Å². The van der Waals surface area contributed by atoms with Gasteiger partial charge in [-0.05, 0) is 24.3 Å². The molecular weight excluding hydrogens is 255 g/mol. The van der Waals surface area contributed by atoms with Crippen LogP contribution in [0, 0.1) is 17.5 Å². The Labute approximate surface area is 109 Å². The van der Waals surface area contributed by atoms with Crippen molar-refractivity contribution in [2.45, 2.75) is 26.4 Å². The van der Waals surface area contributed by atoms with Crippen molar-refractivity contribution in [3.05, 3.63) is 47.5 Å². The maximum absolute atomic E-state index is 13.1. The second kappa shape index (κ2) is 5.48. The molecule has 0 atom stereocenters. The number of hydrogen-bond acceptors (Lipinski definition) is 2. The topological polar surface area (TPSA) is 25.2 Å². The van der Waals surface area contributed by atoms with Gasteiger partial charge in [0.15, 0.2) is 17.5 Å². The molecule has 0 bridgehead atoms. The highest BCUT2D eigenvalue weighted by Gasteiger charge is 2.13. The van der Waals surface area contributed by atoms with Gasteiger partial charge >= 0.3 is 0 Å². The van der Waals surface area contributed by atoms with Gasteiger partial charge in [0.05, 0.1) is 6.54 Å². The summed E-state index contributed by atoms with van der Waals surface area (Å²) in [5.74, 6) is -2.98. The molecule has 2 nitrogen and oxygen atoms in total. The van der Waals surface area contributed by atoms with Crippen molar-refractivity contribution < 1.29 is 17.6 Å². The Bertz CT molecular complexity index is 555. The van der Waals surface area contributed by atoms with E-state index in [9.17, 15) is 13.2 Å². The molecule has 1 N–H and O–H groups in total. The van der Waals surface area contributed by atoms with E-state index in [1.165, 1.54) is 0 Å². The number of hydrogen-bond donors (Lipinski definition) is 1. The van der Waals surface area contributed by atoms with Crippen LogP contribution < -0.4 is 5.32 Å². The molecule has 0 fully saturated rings. The van der Waals surface area contributed by atoms with Crippen LogP contribution in [0.4, 0.5) is 13.2 Å². The number of furan rings is 1. The van der Waals surface area contributed by atoms with E-state index in [1.807, 2.05) is 13.8 Å². The molecule has 1 aromatic carbocycles. The molecule has 0 aliphatic carbocycles. The molecule has 102 valence electrons. The zero-order valence-electron chi connectivity index (χ0n) is 10.6. The highest BCUT2D eigenvalue weighted by molar-refractivity contribution is 5.57. The number of benzene rings is 1. The van der Waals surface area contributed by atoms with Crippen molar-refractivity contribution in [1.82, 2.24) is 5.32 Å². The Morgan fingerprint density at radius 3 is 2.32 bits per heavy atom. The Morgan fingerprint density at radius 1 is 1.11 bits per heavy atom. The molecule has 0 aliphatic rings. The van der Waals surface area contributed by atoms with Crippen molar-refractivity contribution in [3.63, 3.8) is 0 Å². The summed E-state index contributed by atoms with van der Waals surface area (Å²) in [6.45, 7) is 4.51. The summed E-state index contributed by atoms with van der Waals surface area (Å²) < 4.78 is 44.5. The van der Waals surface area contributed by atoms with E-state index in [4.69, 9.17) is 4.42 Å². The third-order valence-corrected chi connectivity index (χ3v) is 2.61. The molecule has 0 amide bonds. The molecule has 0 aliphatic heterocycles. The zero-order valence-corrected chi connectivity index (χ0v) is 10.6. The highest BCUT2D eigenvalue weighted by atomic mass is 19.2. The molecular formula is C14H14F3NO. The fourth-order valence-corrected chi connectivity index (χ4v) is 1.63. The summed E-state index contributed by atoms with van der Waals surface area (Å²) in [5.41, 5.74) is 0.173. The van der Waals surface area contributed by atoms with Gasteiger partial charge in [0.2, 0.25) is 0 Å². The van der Waals surface area contributed by atoms with Crippen LogP contribution in [-0.4, -0.2) is 6.04 Å². The second-order valence-corrected chi connectivity index (χ2v) is 4.56. The maximum atomic E-state index is 13.1. The third-order valence-electron chi connectivity index (χ3n) is 2.61. The lowest BCUT2D eigenvalue weighted by Gasteiger charge is -2.05. The fourth-order valence-electron chi connectivity index (χ4n) is 1.63. The first-order valence-corrected chi connectivity index (χ1v) is 5.94. The first-order valence-electron chi connectivity index (χ1n) is 5.94. The summed E-state index contributed by atoms with van der Waals surface area (Å²) in [6, 6.07) is 5.44. The van der Waals surface area contributed by atoms with E-state index in [0.717, 1.165) is 12.1 Å². The average Bonchev–Trinajstić information content (AvgIpc) is 2.81. The fraction of sp³-hybridized carbons (Fsp3) is 0.286. The van der Waals surface area contributed by atoms with Gasteiger partial charge < -0.3 is 9.73 Å². The molecule has 1 heterocycles. The largest absolute Gasteiger partial charge is 0.460 e. The van der Waals surface area contributed by atoms with Gasteiger partial charge in [-0.3, -0.25) is 0 Å². The molecule has 2 rings (SSSR count). The molecule has 2 aromatic rings. The van der Waals surface area contributed by atoms with Crippen LogP contribution in [0.1, 0.15) is 19.6 Å². The Morgan fingerprint density at radius 2 is 1.74 bits per heavy atom. The van der Waals surface area contributed by atoms with Gasteiger partial charge in [-0.25, -0.2) is 13.2 Å². The van der Waals surface area contributed by atoms with Crippen LogP contribution in [0.3, 0.4) is 0 Å². The summed E-state index contributed by atoms with van der Waals surface area (Å²) in [4.78, 5) is 0. The maximum Gasteiger partial charge on any atom is 0.194 e. The SMILES string of the molecule is CC(C)NCc1ccc(-c2cc(F)c(F)c(F)c2)o1. The van der Waals surface area contributed by atoms with Gasteiger partial charge in [-0.15, -0.1) is 0 Å². The Hall–Kier alpha value is -1.75. The van der Waals surface area contributed by atoms with Gasteiger partial charge in [-0.1, -0.05) is 13.8 Å². The van der Waals surface area contributed by atoms with Gasteiger partial charge in [0.25, 0.3) is 0 Å². The number of halogens is 3. The van der Waals surface area contributed by atoms with E-state index < -0.39 is 17.5 Å². The van der Waals surface area contributed by atoms with Crippen LogP contribution in [0.5, 0.6) is 0 Å². The molecule has 0 saturated carbocycles. The number of nitrogens with one attached hydrogen (secondary N) is 1. The minimum absolute atomic E-state index is 0.173. The molecule has 1 aromatic heterocycles. The summed E-state index contributed by atoms with van der Waals surface area (Å²) in [6.07, 6.45) is 0. The van der Waals surface area contributed by atoms with E-state index in [2.05, 4.69) is 5.32 Å². The Balaban J connectivity index is 2.23. The van der Waals surface area contributed by atoms with Crippen LogP contribution >= 0.6 is 0 Å². The minimum Gasteiger partial charge on any atom is -0.460 e.